The van der Waals surface area contributed by atoms with Gasteiger partial charge in [-0.25, -0.2) is 14.8 Å². The van der Waals surface area contributed by atoms with Crippen LogP contribution in [0.3, 0.4) is 0 Å². The lowest BCUT2D eigenvalue weighted by molar-refractivity contribution is 0.0138. The summed E-state index contributed by atoms with van der Waals surface area (Å²) >= 11 is 1.74. The Morgan fingerprint density at radius 3 is 2.67 bits per heavy atom. The molecule has 2 heterocycles. The van der Waals surface area contributed by atoms with Gasteiger partial charge in [-0.1, -0.05) is 0 Å². The van der Waals surface area contributed by atoms with Crippen molar-refractivity contribution >= 4 is 27.6 Å². The summed E-state index contributed by atoms with van der Waals surface area (Å²) in [5, 5.41) is 10.4. The first-order valence-corrected chi connectivity index (χ1v) is 12.8. The van der Waals surface area contributed by atoms with Crippen molar-refractivity contribution in [1.82, 2.24) is 14.9 Å². The van der Waals surface area contributed by atoms with Crippen LogP contribution in [0.25, 0.3) is 10.2 Å². The van der Waals surface area contributed by atoms with Gasteiger partial charge in [-0.2, -0.15) is 5.26 Å². The van der Waals surface area contributed by atoms with E-state index < -0.39 is 5.60 Å². The predicted octanol–water partition coefficient (Wildman–Crippen LogP) is 5.83. The van der Waals surface area contributed by atoms with Crippen molar-refractivity contribution in [2.24, 2.45) is 5.92 Å². The summed E-state index contributed by atoms with van der Waals surface area (Å²) < 4.78 is 12.0. The zero-order chi connectivity index (χ0) is 23.8. The standard InChI is InChI=1S/C25H34N4O3S/c1-15(13-26)12-16-6-11-19-20(16)21-22(27-14-28-23(21)33-19)31-18-9-7-17(8-10-18)29(5)24(30)32-25(2,3)4/h14-18H,6-12H2,1-5H3/t15?,16-,17?,18?/m1/s1. The van der Waals surface area contributed by atoms with Crippen molar-refractivity contribution in [2.75, 3.05) is 7.05 Å². The maximum atomic E-state index is 12.4. The molecule has 0 bridgehead atoms. The Balaban J connectivity index is 1.45. The normalized spacial score (nSPS) is 23.6. The molecule has 0 saturated heterocycles. The fourth-order valence-corrected chi connectivity index (χ4v) is 6.27. The van der Waals surface area contributed by atoms with E-state index in [2.05, 4.69) is 16.0 Å². The molecule has 4 rings (SSSR count). The monoisotopic (exact) mass is 470 g/mol. The van der Waals surface area contributed by atoms with E-state index in [1.54, 1.807) is 22.6 Å². The molecule has 0 spiro atoms. The lowest BCUT2D eigenvalue weighted by atomic mass is 9.91. The number of hydrogen-bond donors (Lipinski definition) is 0. The number of amides is 1. The van der Waals surface area contributed by atoms with E-state index in [9.17, 15) is 10.1 Å². The number of nitriles is 1. The first kappa shape index (κ1) is 23.7. The average Bonchev–Trinajstić information content (AvgIpc) is 3.32. The zero-order valence-electron chi connectivity index (χ0n) is 20.3. The quantitative estimate of drug-likeness (QED) is 0.546. The summed E-state index contributed by atoms with van der Waals surface area (Å²) in [6.45, 7) is 7.66. The second-order valence-corrected chi connectivity index (χ2v) is 11.5. The smallest absolute Gasteiger partial charge is 0.410 e. The molecule has 8 heteroatoms. The second-order valence-electron chi connectivity index (χ2n) is 10.4. The number of aromatic nitrogens is 2. The van der Waals surface area contributed by atoms with Crippen molar-refractivity contribution in [3.8, 4) is 11.9 Å². The predicted molar refractivity (Wildman–Crippen MR) is 129 cm³/mol. The Bertz CT molecular complexity index is 1050. The zero-order valence-corrected chi connectivity index (χ0v) is 21.1. The molecule has 0 aromatic carbocycles. The molecule has 178 valence electrons. The van der Waals surface area contributed by atoms with E-state index in [1.165, 1.54) is 10.4 Å². The molecule has 0 N–H and O–H groups in total. The molecule has 1 unspecified atom stereocenters. The van der Waals surface area contributed by atoms with Crippen LogP contribution in [0.5, 0.6) is 5.88 Å². The van der Waals surface area contributed by atoms with E-state index >= 15 is 0 Å². The molecule has 0 aliphatic heterocycles. The third kappa shape index (κ3) is 5.24. The Morgan fingerprint density at radius 2 is 2.00 bits per heavy atom. The van der Waals surface area contributed by atoms with Crippen molar-refractivity contribution in [3.63, 3.8) is 0 Å². The van der Waals surface area contributed by atoms with Crippen LogP contribution < -0.4 is 4.74 Å². The van der Waals surface area contributed by atoms with Gasteiger partial charge >= 0.3 is 6.09 Å². The molecule has 1 saturated carbocycles. The van der Waals surface area contributed by atoms with E-state index in [-0.39, 0.29) is 24.2 Å². The summed E-state index contributed by atoms with van der Waals surface area (Å²) in [5.74, 6) is 1.08. The van der Waals surface area contributed by atoms with Crippen molar-refractivity contribution in [3.05, 3.63) is 16.8 Å². The minimum Gasteiger partial charge on any atom is -0.474 e. The van der Waals surface area contributed by atoms with Gasteiger partial charge in [-0.05, 0) is 84.1 Å². The maximum absolute atomic E-state index is 12.4. The first-order valence-electron chi connectivity index (χ1n) is 11.9. The summed E-state index contributed by atoms with van der Waals surface area (Å²) in [6, 6.07) is 2.54. The fourth-order valence-electron chi connectivity index (χ4n) is 5.04. The van der Waals surface area contributed by atoms with E-state index in [1.807, 2.05) is 34.7 Å². The Hall–Kier alpha value is -2.40. The SMILES string of the molecule is CC(C#N)C[C@H]1CCc2sc3ncnc(OC4CCC(N(C)C(=O)OC(C)(C)C)CC4)c3c21. The number of ether oxygens (including phenoxy) is 2. The molecule has 33 heavy (non-hydrogen) atoms. The maximum Gasteiger partial charge on any atom is 0.410 e. The van der Waals surface area contributed by atoms with Crippen molar-refractivity contribution < 1.29 is 14.3 Å². The van der Waals surface area contributed by atoms with Gasteiger partial charge in [0.2, 0.25) is 5.88 Å². The molecule has 2 aromatic heterocycles. The van der Waals surface area contributed by atoms with Crippen LogP contribution in [-0.2, 0) is 11.2 Å². The topological polar surface area (TPSA) is 88.3 Å². The Morgan fingerprint density at radius 1 is 1.27 bits per heavy atom. The van der Waals surface area contributed by atoms with E-state index in [0.29, 0.717) is 11.8 Å². The van der Waals surface area contributed by atoms with Gasteiger partial charge in [0, 0.05) is 23.9 Å². The molecule has 1 amide bonds. The fraction of sp³-hybridized carbons (Fsp3) is 0.680. The second kappa shape index (κ2) is 9.46. The van der Waals surface area contributed by atoms with Gasteiger partial charge in [0.15, 0.2) is 0 Å². The van der Waals surface area contributed by atoms with Crippen LogP contribution in [-0.4, -0.2) is 45.8 Å². The highest BCUT2D eigenvalue weighted by molar-refractivity contribution is 7.19. The first-order chi connectivity index (χ1) is 15.7. The molecular formula is C25H34N4O3S. The largest absolute Gasteiger partial charge is 0.474 e. The number of carbonyl (C=O) groups excluding carboxylic acids is 1. The van der Waals surface area contributed by atoms with Crippen LogP contribution in [0.15, 0.2) is 6.33 Å². The van der Waals surface area contributed by atoms with Gasteiger partial charge in [-0.3, -0.25) is 0 Å². The molecule has 2 atom stereocenters. The minimum atomic E-state index is -0.492. The average molecular weight is 471 g/mol. The van der Waals surface area contributed by atoms with Crippen LogP contribution in [0, 0.1) is 17.2 Å². The van der Waals surface area contributed by atoms with Crippen LogP contribution in [0.4, 0.5) is 4.79 Å². The molecule has 2 aromatic rings. The van der Waals surface area contributed by atoms with Gasteiger partial charge in [0.25, 0.3) is 0 Å². The Kier molecular flexibility index (Phi) is 6.81. The van der Waals surface area contributed by atoms with Crippen molar-refractivity contribution in [1.29, 1.82) is 5.26 Å². The molecule has 2 aliphatic carbocycles. The molecule has 7 nitrogen and oxygen atoms in total. The summed E-state index contributed by atoms with van der Waals surface area (Å²) in [6.07, 6.45) is 7.87. The van der Waals surface area contributed by atoms with Gasteiger partial charge < -0.3 is 14.4 Å². The highest BCUT2D eigenvalue weighted by Crippen LogP contribution is 2.48. The van der Waals surface area contributed by atoms with Crippen LogP contribution in [0.1, 0.15) is 82.6 Å². The number of thiophene rings is 1. The number of hydrogen-bond acceptors (Lipinski definition) is 7. The highest BCUT2D eigenvalue weighted by atomic mass is 32.1. The highest BCUT2D eigenvalue weighted by Gasteiger charge is 2.33. The number of rotatable bonds is 5. The molecule has 2 aliphatic rings. The number of fused-ring (bicyclic) bond motifs is 3. The third-order valence-corrected chi connectivity index (χ3v) is 7.88. The van der Waals surface area contributed by atoms with Gasteiger partial charge in [0.1, 0.15) is 22.9 Å². The number of aryl methyl sites for hydroxylation is 1. The number of nitrogens with zero attached hydrogens (tertiary/aromatic N) is 4. The van der Waals surface area contributed by atoms with E-state index in [4.69, 9.17) is 9.47 Å². The summed E-state index contributed by atoms with van der Waals surface area (Å²) in [5.41, 5.74) is 0.819. The van der Waals surface area contributed by atoms with Crippen LogP contribution >= 0.6 is 11.3 Å². The third-order valence-electron chi connectivity index (χ3n) is 6.71. The molecular weight excluding hydrogens is 436 g/mol. The van der Waals surface area contributed by atoms with Crippen molar-refractivity contribution in [2.45, 2.75) is 96.3 Å². The minimum absolute atomic E-state index is 0.0298. The van der Waals surface area contributed by atoms with Gasteiger partial charge in [0.05, 0.1) is 11.5 Å². The summed E-state index contributed by atoms with van der Waals surface area (Å²) in [4.78, 5) is 25.6. The Labute approximate surface area is 200 Å². The lowest BCUT2D eigenvalue weighted by Crippen LogP contribution is -2.43. The summed E-state index contributed by atoms with van der Waals surface area (Å²) in [7, 11) is 1.82. The molecule has 0 radical (unpaired) electrons. The molecule has 1 fully saturated rings. The van der Waals surface area contributed by atoms with Gasteiger partial charge in [-0.15, -0.1) is 11.3 Å². The number of carbonyl (C=O) groups is 1. The van der Waals surface area contributed by atoms with E-state index in [0.717, 1.165) is 55.2 Å². The van der Waals surface area contributed by atoms with Crippen LogP contribution in [0.2, 0.25) is 0 Å². The lowest BCUT2D eigenvalue weighted by Gasteiger charge is -2.35.